The van der Waals surface area contributed by atoms with Gasteiger partial charge >= 0.3 is 0 Å². The van der Waals surface area contributed by atoms with E-state index >= 15 is 0 Å². The molecule has 3 unspecified atom stereocenters. The van der Waals surface area contributed by atoms with Crippen LogP contribution in [0.1, 0.15) is 12.8 Å². The number of aliphatic hydroxyl groups is 1. The minimum absolute atomic E-state index is 0.394. The lowest BCUT2D eigenvalue weighted by Gasteiger charge is -2.13. The first-order valence-corrected chi connectivity index (χ1v) is 4.19. The molecule has 1 fully saturated rings. The van der Waals surface area contributed by atoms with Gasteiger partial charge in [0.15, 0.2) is 0 Å². The predicted octanol–water partition coefficient (Wildman–Crippen LogP) is 1.99. The van der Waals surface area contributed by atoms with E-state index in [0.29, 0.717) is 12.5 Å². The fraction of sp³-hybridized carbons (Fsp3) is 0.600. The Kier molecular flexibility index (Phi) is 2.89. The van der Waals surface area contributed by atoms with Crippen LogP contribution in [-0.4, -0.2) is 11.7 Å². The molecule has 62 valence electrons. The third-order valence-electron chi connectivity index (χ3n) is 2.65. The van der Waals surface area contributed by atoms with Crippen molar-refractivity contribution in [3.63, 3.8) is 0 Å². The molecular weight excluding hydrogens is 136 g/mol. The molecule has 0 aromatic carbocycles. The Morgan fingerprint density at radius 1 is 1.27 bits per heavy atom. The van der Waals surface area contributed by atoms with Gasteiger partial charge < -0.3 is 5.11 Å². The summed E-state index contributed by atoms with van der Waals surface area (Å²) >= 11 is 0. The second-order valence-electron chi connectivity index (χ2n) is 3.22. The zero-order valence-corrected chi connectivity index (χ0v) is 6.87. The first kappa shape index (κ1) is 8.54. The molecule has 0 heterocycles. The fourth-order valence-electron chi connectivity index (χ4n) is 2.10. The Morgan fingerprint density at radius 3 is 2.27 bits per heavy atom. The largest absolute Gasteiger partial charge is 0.396 e. The summed E-state index contributed by atoms with van der Waals surface area (Å²) in [5, 5.41) is 8.85. The SMILES string of the molecule is C=C.OCC1CC2C=CC1C2. The molecule has 0 aliphatic heterocycles. The molecule has 2 aliphatic rings. The summed E-state index contributed by atoms with van der Waals surface area (Å²) < 4.78 is 0. The van der Waals surface area contributed by atoms with Crippen LogP contribution in [0, 0.1) is 17.8 Å². The van der Waals surface area contributed by atoms with Crippen LogP contribution in [-0.2, 0) is 0 Å². The Labute approximate surface area is 68.4 Å². The Morgan fingerprint density at radius 2 is 2.00 bits per heavy atom. The molecular formula is C10H16O. The third kappa shape index (κ3) is 1.54. The van der Waals surface area contributed by atoms with Crippen molar-refractivity contribution in [3.05, 3.63) is 25.3 Å². The third-order valence-corrected chi connectivity index (χ3v) is 2.65. The van der Waals surface area contributed by atoms with Crippen LogP contribution in [0.15, 0.2) is 25.3 Å². The average Bonchev–Trinajstić information content (AvgIpc) is 2.67. The van der Waals surface area contributed by atoms with E-state index in [1.165, 1.54) is 12.8 Å². The summed E-state index contributed by atoms with van der Waals surface area (Å²) in [5.74, 6) is 2.13. The quantitative estimate of drug-likeness (QED) is 0.570. The number of fused-ring (bicyclic) bond motifs is 2. The Hall–Kier alpha value is -0.560. The lowest BCUT2D eigenvalue weighted by atomic mass is 9.95. The topological polar surface area (TPSA) is 20.2 Å². The minimum Gasteiger partial charge on any atom is -0.396 e. The first-order chi connectivity index (χ1) is 5.40. The van der Waals surface area contributed by atoms with Crippen molar-refractivity contribution in [1.29, 1.82) is 0 Å². The summed E-state index contributed by atoms with van der Waals surface area (Å²) in [4.78, 5) is 0. The molecule has 0 saturated heterocycles. The van der Waals surface area contributed by atoms with E-state index in [4.69, 9.17) is 5.11 Å². The van der Waals surface area contributed by atoms with Crippen LogP contribution in [0.25, 0.3) is 0 Å². The predicted molar refractivity (Wildman–Crippen MR) is 47.2 cm³/mol. The van der Waals surface area contributed by atoms with Gasteiger partial charge in [-0.15, -0.1) is 13.2 Å². The summed E-state index contributed by atoms with van der Waals surface area (Å²) in [6.45, 7) is 6.39. The number of hydrogen-bond donors (Lipinski definition) is 1. The molecule has 0 radical (unpaired) electrons. The number of allylic oxidation sites excluding steroid dienone is 2. The maximum absolute atomic E-state index is 8.85. The lowest BCUT2D eigenvalue weighted by molar-refractivity contribution is 0.207. The zero-order valence-electron chi connectivity index (χ0n) is 6.87. The van der Waals surface area contributed by atoms with E-state index in [1.54, 1.807) is 0 Å². The summed E-state index contributed by atoms with van der Waals surface area (Å²) in [6.07, 6.45) is 7.12. The van der Waals surface area contributed by atoms with E-state index in [1.807, 2.05) is 0 Å². The summed E-state index contributed by atoms with van der Waals surface area (Å²) in [7, 11) is 0. The van der Waals surface area contributed by atoms with Gasteiger partial charge in [0, 0.05) is 6.61 Å². The molecule has 1 saturated carbocycles. The van der Waals surface area contributed by atoms with E-state index < -0.39 is 0 Å². The van der Waals surface area contributed by atoms with Gasteiger partial charge in [0.2, 0.25) is 0 Å². The summed E-state index contributed by atoms with van der Waals surface area (Å²) in [5.41, 5.74) is 0. The van der Waals surface area contributed by atoms with Crippen molar-refractivity contribution < 1.29 is 5.11 Å². The minimum atomic E-state index is 0.394. The second-order valence-corrected chi connectivity index (χ2v) is 3.22. The van der Waals surface area contributed by atoms with Crippen LogP contribution >= 0.6 is 0 Å². The van der Waals surface area contributed by atoms with Gasteiger partial charge in [0.1, 0.15) is 0 Å². The van der Waals surface area contributed by atoms with Crippen LogP contribution < -0.4 is 0 Å². The molecule has 0 aromatic heterocycles. The first-order valence-electron chi connectivity index (χ1n) is 4.19. The Balaban J connectivity index is 0.000000281. The van der Waals surface area contributed by atoms with Crippen molar-refractivity contribution >= 4 is 0 Å². The highest BCUT2D eigenvalue weighted by atomic mass is 16.3. The number of rotatable bonds is 1. The highest BCUT2D eigenvalue weighted by molar-refractivity contribution is 5.09. The van der Waals surface area contributed by atoms with Crippen LogP contribution in [0.3, 0.4) is 0 Å². The van der Waals surface area contributed by atoms with Crippen molar-refractivity contribution in [2.24, 2.45) is 17.8 Å². The standard InChI is InChI=1S/C8H12O.C2H4/c9-5-8-4-6-1-2-7(8)3-6;1-2/h1-2,6-9H,3-5H2;1-2H2. The lowest BCUT2D eigenvalue weighted by Crippen LogP contribution is -2.10. The van der Waals surface area contributed by atoms with Gasteiger partial charge in [-0.3, -0.25) is 0 Å². The van der Waals surface area contributed by atoms with E-state index in [9.17, 15) is 0 Å². The molecule has 1 N–H and O–H groups in total. The van der Waals surface area contributed by atoms with E-state index in [0.717, 1.165) is 11.8 Å². The molecule has 0 amide bonds. The zero-order chi connectivity index (χ0) is 8.27. The van der Waals surface area contributed by atoms with Crippen molar-refractivity contribution in [2.45, 2.75) is 12.8 Å². The van der Waals surface area contributed by atoms with Gasteiger partial charge in [-0.05, 0) is 30.6 Å². The second kappa shape index (κ2) is 3.72. The molecule has 3 atom stereocenters. The Bertz CT molecular complexity index is 151. The number of hydrogen-bond acceptors (Lipinski definition) is 1. The molecule has 2 aliphatic carbocycles. The fourth-order valence-corrected chi connectivity index (χ4v) is 2.10. The molecule has 0 aromatic rings. The highest BCUT2D eigenvalue weighted by Crippen LogP contribution is 2.42. The average molecular weight is 152 g/mol. The van der Waals surface area contributed by atoms with Crippen molar-refractivity contribution in [2.75, 3.05) is 6.61 Å². The number of aliphatic hydroxyl groups excluding tert-OH is 1. The molecule has 0 spiro atoms. The van der Waals surface area contributed by atoms with E-state index in [2.05, 4.69) is 25.3 Å². The molecule has 2 rings (SSSR count). The monoisotopic (exact) mass is 152 g/mol. The van der Waals surface area contributed by atoms with Crippen molar-refractivity contribution in [1.82, 2.24) is 0 Å². The smallest absolute Gasteiger partial charge is 0.0465 e. The molecule has 2 bridgehead atoms. The maximum Gasteiger partial charge on any atom is 0.0465 e. The molecule has 1 nitrogen and oxygen atoms in total. The van der Waals surface area contributed by atoms with Crippen molar-refractivity contribution in [3.8, 4) is 0 Å². The summed E-state index contributed by atoms with van der Waals surface area (Å²) in [6, 6.07) is 0. The van der Waals surface area contributed by atoms with Gasteiger partial charge in [-0.1, -0.05) is 12.2 Å². The van der Waals surface area contributed by atoms with Gasteiger partial charge in [0.25, 0.3) is 0 Å². The normalized spacial score (nSPS) is 38.5. The maximum atomic E-state index is 8.85. The highest BCUT2D eigenvalue weighted by Gasteiger charge is 2.34. The molecule has 11 heavy (non-hydrogen) atoms. The van der Waals surface area contributed by atoms with Crippen LogP contribution in [0.4, 0.5) is 0 Å². The van der Waals surface area contributed by atoms with Gasteiger partial charge in [0.05, 0.1) is 0 Å². The van der Waals surface area contributed by atoms with Gasteiger partial charge in [-0.2, -0.15) is 0 Å². The molecule has 1 heteroatoms. The van der Waals surface area contributed by atoms with Crippen LogP contribution in [0.2, 0.25) is 0 Å². The van der Waals surface area contributed by atoms with Crippen LogP contribution in [0.5, 0.6) is 0 Å². The van der Waals surface area contributed by atoms with Gasteiger partial charge in [-0.25, -0.2) is 0 Å². The van der Waals surface area contributed by atoms with E-state index in [-0.39, 0.29) is 0 Å².